The van der Waals surface area contributed by atoms with Crippen molar-refractivity contribution in [1.29, 1.82) is 0 Å². The Kier molecular flexibility index (Phi) is 6.68. The van der Waals surface area contributed by atoms with Gasteiger partial charge in [0.25, 0.3) is 0 Å². The monoisotopic (exact) mass is 448 g/mol. The zero-order valence-electron chi connectivity index (χ0n) is 19.8. The predicted octanol–water partition coefficient (Wildman–Crippen LogP) is 5.33. The van der Waals surface area contributed by atoms with Crippen LogP contribution >= 0.6 is 0 Å². The summed E-state index contributed by atoms with van der Waals surface area (Å²) in [5.74, 6) is 0.992. The van der Waals surface area contributed by atoms with Crippen LogP contribution in [0.25, 0.3) is 0 Å². The van der Waals surface area contributed by atoms with Crippen LogP contribution in [0.5, 0.6) is 0 Å². The van der Waals surface area contributed by atoms with Crippen LogP contribution in [0.1, 0.15) is 28.8 Å². The van der Waals surface area contributed by atoms with Gasteiger partial charge in [0.2, 0.25) is 0 Å². The van der Waals surface area contributed by atoms with Crippen molar-refractivity contribution in [2.24, 2.45) is 0 Å². The minimum Gasteiger partial charge on any atom is -0.353 e. The van der Waals surface area contributed by atoms with Crippen molar-refractivity contribution in [2.75, 3.05) is 37.6 Å². The smallest absolute Gasteiger partial charge is 0.147 e. The molecule has 2 heterocycles. The maximum absolute atomic E-state index is 4.67. The Bertz CT molecular complexity index is 1070. The number of aryl methyl sites for hydroxylation is 1. The van der Waals surface area contributed by atoms with E-state index in [4.69, 9.17) is 0 Å². The van der Waals surface area contributed by atoms with E-state index in [1.54, 1.807) is 0 Å². The van der Waals surface area contributed by atoms with Gasteiger partial charge in [-0.15, -0.1) is 0 Å². The van der Waals surface area contributed by atoms with Gasteiger partial charge in [0.15, 0.2) is 0 Å². The third-order valence-electron chi connectivity index (χ3n) is 7.04. The van der Waals surface area contributed by atoms with Crippen molar-refractivity contribution in [3.63, 3.8) is 0 Å². The topological polar surface area (TPSA) is 32.3 Å². The highest BCUT2D eigenvalue weighted by molar-refractivity contribution is 5.50. The van der Waals surface area contributed by atoms with E-state index in [1.807, 2.05) is 19.3 Å². The average Bonchev–Trinajstić information content (AvgIpc) is 2.91. The first-order valence-electron chi connectivity index (χ1n) is 12.2. The third kappa shape index (κ3) is 4.59. The van der Waals surface area contributed by atoms with Gasteiger partial charge in [-0.1, -0.05) is 91.0 Å². The fraction of sp³-hybridized carbons (Fsp3) is 0.267. The first-order chi connectivity index (χ1) is 16.8. The van der Waals surface area contributed by atoms with Crippen LogP contribution in [0.4, 0.5) is 5.82 Å². The van der Waals surface area contributed by atoms with Crippen LogP contribution in [0.3, 0.4) is 0 Å². The molecule has 34 heavy (non-hydrogen) atoms. The molecule has 0 atom stereocenters. The van der Waals surface area contributed by atoms with Gasteiger partial charge in [0, 0.05) is 37.8 Å². The number of benzene rings is 3. The van der Waals surface area contributed by atoms with Gasteiger partial charge in [-0.2, -0.15) is 0 Å². The SMILES string of the molecule is Cc1cncc(N2CCN(CCC(c3ccccc3)(c3ccccc3)c3ccccc3)CC2)n1. The Morgan fingerprint density at radius 1 is 0.676 bits per heavy atom. The quantitative estimate of drug-likeness (QED) is 0.358. The molecule has 3 aromatic carbocycles. The molecule has 5 rings (SSSR count). The van der Waals surface area contributed by atoms with Gasteiger partial charge in [0.1, 0.15) is 5.82 Å². The van der Waals surface area contributed by atoms with Crippen molar-refractivity contribution in [1.82, 2.24) is 14.9 Å². The van der Waals surface area contributed by atoms with E-state index < -0.39 is 0 Å². The summed E-state index contributed by atoms with van der Waals surface area (Å²) < 4.78 is 0. The largest absolute Gasteiger partial charge is 0.353 e. The zero-order valence-corrected chi connectivity index (χ0v) is 19.8. The van der Waals surface area contributed by atoms with Gasteiger partial charge in [-0.3, -0.25) is 9.88 Å². The van der Waals surface area contributed by atoms with E-state index >= 15 is 0 Å². The Morgan fingerprint density at radius 2 is 1.18 bits per heavy atom. The third-order valence-corrected chi connectivity index (χ3v) is 7.04. The molecule has 0 radical (unpaired) electrons. The lowest BCUT2D eigenvalue weighted by atomic mass is 9.67. The van der Waals surface area contributed by atoms with Gasteiger partial charge in [-0.25, -0.2) is 4.98 Å². The molecular formula is C30H32N4. The summed E-state index contributed by atoms with van der Waals surface area (Å²) in [6.45, 7) is 7.06. The normalized spacial score (nSPS) is 14.8. The molecule has 0 N–H and O–H groups in total. The number of rotatable bonds is 7. The highest BCUT2D eigenvalue weighted by Crippen LogP contribution is 2.42. The first-order valence-corrected chi connectivity index (χ1v) is 12.2. The molecule has 4 heteroatoms. The predicted molar refractivity (Wildman–Crippen MR) is 139 cm³/mol. The molecule has 172 valence electrons. The van der Waals surface area contributed by atoms with Crippen LogP contribution in [0.2, 0.25) is 0 Å². The van der Waals surface area contributed by atoms with Crippen molar-refractivity contribution < 1.29 is 0 Å². The lowest BCUT2D eigenvalue weighted by Crippen LogP contribution is -2.48. The molecule has 0 bridgehead atoms. The Morgan fingerprint density at radius 3 is 1.65 bits per heavy atom. The van der Waals surface area contributed by atoms with E-state index in [0.29, 0.717) is 0 Å². The summed E-state index contributed by atoms with van der Waals surface area (Å²) in [5.41, 5.74) is 4.82. The summed E-state index contributed by atoms with van der Waals surface area (Å²) in [6, 6.07) is 33.0. The Labute approximate surface area is 202 Å². The molecule has 4 aromatic rings. The number of hydrogen-bond acceptors (Lipinski definition) is 4. The molecule has 1 aromatic heterocycles. The summed E-state index contributed by atoms with van der Waals surface area (Å²) in [5, 5.41) is 0. The Balaban J connectivity index is 1.41. The molecular weight excluding hydrogens is 416 g/mol. The van der Waals surface area contributed by atoms with Crippen molar-refractivity contribution in [2.45, 2.75) is 18.8 Å². The molecule has 0 amide bonds. The van der Waals surface area contributed by atoms with Gasteiger partial charge >= 0.3 is 0 Å². The zero-order chi connectivity index (χ0) is 23.2. The summed E-state index contributed by atoms with van der Waals surface area (Å²) in [6.07, 6.45) is 4.72. The molecule has 0 unspecified atom stereocenters. The second-order valence-corrected chi connectivity index (χ2v) is 9.10. The van der Waals surface area contributed by atoms with Crippen LogP contribution in [-0.2, 0) is 5.41 Å². The minimum atomic E-state index is -0.192. The highest BCUT2D eigenvalue weighted by Gasteiger charge is 2.36. The van der Waals surface area contributed by atoms with Crippen LogP contribution < -0.4 is 4.90 Å². The molecule has 1 saturated heterocycles. The van der Waals surface area contributed by atoms with E-state index in [9.17, 15) is 0 Å². The molecule has 0 aliphatic carbocycles. The molecule has 0 saturated carbocycles. The van der Waals surface area contributed by atoms with Crippen LogP contribution in [-0.4, -0.2) is 47.6 Å². The summed E-state index contributed by atoms with van der Waals surface area (Å²) in [7, 11) is 0. The molecule has 1 fully saturated rings. The lowest BCUT2D eigenvalue weighted by molar-refractivity contribution is 0.241. The second kappa shape index (κ2) is 10.2. The van der Waals surface area contributed by atoms with Gasteiger partial charge < -0.3 is 4.90 Å². The number of aromatic nitrogens is 2. The fourth-order valence-corrected chi connectivity index (χ4v) is 5.23. The number of hydrogen-bond donors (Lipinski definition) is 0. The number of piperazine rings is 1. The van der Waals surface area contributed by atoms with Crippen molar-refractivity contribution in [3.8, 4) is 0 Å². The Hall–Kier alpha value is -3.50. The first kappa shape index (κ1) is 22.3. The second-order valence-electron chi connectivity index (χ2n) is 9.10. The molecule has 0 spiro atoms. The average molecular weight is 449 g/mol. The molecule has 4 nitrogen and oxygen atoms in total. The van der Waals surface area contributed by atoms with E-state index in [-0.39, 0.29) is 5.41 Å². The maximum Gasteiger partial charge on any atom is 0.147 e. The molecule has 1 aliphatic rings. The lowest BCUT2D eigenvalue weighted by Gasteiger charge is -2.40. The highest BCUT2D eigenvalue weighted by atomic mass is 15.3. The van der Waals surface area contributed by atoms with Crippen LogP contribution in [0.15, 0.2) is 103 Å². The fourth-order valence-electron chi connectivity index (χ4n) is 5.23. The maximum atomic E-state index is 4.67. The summed E-state index contributed by atoms with van der Waals surface area (Å²) in [4.78, 5) is 14.0. The number of anilines is 1. The van der Waals surface area contributed by atoms with Crippen molar-refractivity contribution >= 4 is 5.82 Å². The summed E-state index contributed by atoms with van der Waals surface area (Å²) >= 11 is 0. The van der Waals surface area contributed by atoms with Gasteiger partial charge in [-0.05, 0) is 36.6 Å². The van der Waals surface area contributed by atoms with E-state index in [0.717, 1.165) is 50.7 Å². The van der Waals surface area contributed by atoms with E-state index in [2.05, 4.69) is 111 Å². The standard InChI is InChI=1S/C30H32N4/c1-25-23-31-24-29(32-25)34-21-19-33(20-22-34)18-17-30(26-11-5-2-6-12-26,27-13-7-3-8-14-27)28-15-9-4-10-16-28/h2-16,23-24H,17-22H2,1H3. The van der Waals surface area contributed by atoms with Crippen molar-refractivity contribution in [3.05, 3.63) is 126 Å². The van der Waals surface area contributed by atoms with E-state index in [1.165, 1.54) is 16.7 Å². The van der Waals surface area contributed by atoms with Crippen LogP contribution in [0, 0.1) is 6.92 Å². The minimum absolute atomic E-state index is 0.192. The van der Waals surface area contributed by atoms with Gasteiger partial charge in [0.05, 0.1) is 11.9 Å². The molecule has 1 aliphatic heterocycles. The number of nitrogens with zero attached hydrogens (tertiary/aromatic N) is 4.